The van der Waals surface area contributed by atoms with Gasteiger partial charge in [-0.1, -0.05) is 36.8 Å². The predicted molar refractivity (Wildman–Crippen MR) is 126 cm³/mol. The topological polar surface area (TPSA) is 96.3 Å². The molecule has 2 N–H and O–H groups in total. The molecule has 2 aliphatic rings. The zero-order chi connectivity index (χ0) is 23.3. The highest BCUT2D eigenvalue weighted by Gasteiger charge is 2.53. The molecule has 5 rings (SSSR count). The van der Waals surface area contributed by atoms with Crippen molar-refractivity contribution in [2.24, 2.45) is 5.92 Å². The van der Waals surface area contributed by atoms with Crippen LogP contribution in [0.25, 0.3) is 10.2 Å². The summed E-state index contributed by atoms with van der Waals surface area (Å²) < 4.78 is 1.89. The third-order valence-corrected chi connectivity index (χ3v) is 7.93. The number of fused-ring (bicyclic) bond motifs is 1. The predicted octanol–water partition coefficient (Wildman–Crippen LogP) is 3.91. The van der Waals surface area contributed by atoms with Crippen LogP contribution in [0.5, 0.6) is 0 Å². The molecule has 0 unspecified atom stereocenters. The number of carbonyl (C=O) groups is 3. The molecular weight excluding hydrogens is 438 g/mol. The SMILES string of the molecule is Cc1ccc(Cn2nc(C)c3cc(C(=O)NN4C(=O)NC5(CCC(C)CC5)C4=O)sc32)cc1. The van der Waals surface area contributed by atoms with Crippen LogP contribution in [-0.4, -0.2) is 38.2 Å². The highest BCUT2D eigenvalue weighted by atomic mass is 32.1. The number of hydrogen-bond acceptors (Lipinski definition) is 5. The van der Waals surface area contributed by atoms with Crippen molar-refractivity contribution in [3.05, 3.63) is 52.0 Å². The van der Waals surface area contributed by atoms with E-state index in [1.807, 2.05) is 18.5 Å². The van der Waals surface area contributed by atoms with Gasteiger partial charge in [0, 0.05) is 5.39 Å². The van der Waals surface area contributed by atoms with E-state index in [2.05, 4.69) is 47.0 Å². The molecule has 9 heteroatoms. The number of carbonyl (C=O) groups excluding carboxylic acids is 3. The first-order chi connectivity index (χ1) is 15.8. The maximum atomic E-state index is 13.0. The van der Waals surface area contributed by atoms with E-state index in [4.69, 9.17) is 0 Å². The van der Waals surface area contributed by atoms with Crippen LogP contribution in [0.2, 0.25) is 0 Å². The summed E-state index contributed by atoms with van der Waals surface area (Å²) in [5.41, 5.74) is 4.80. The minimum Gasteiger partial charge on any atom is -0.322 e. The van der Waals surface area contributed by atoms with Crippen LogP contribution < -0.4 is 10.7 Å². The summed E-state index contributed by atoms with van der Waals surface area (Å²) in [6.45, 7) is 6.71. The second-order valence-corrected chi connectivity index (χ2v) is 10.4. The fourth-order valence-electron chi connectivity index (χ4n) is 4.67. The van der Waals surface area contributed by atoms with Gasteiger partial charge in [-0.15, -0.1) is 11.3 Å². The van der Waals surface area contributed by atoms with E-state index in [9.17, 15) is 14.4 Å². The molecule has 1 aliphatic heterocycles. The van der Waals surface area contributed by atoms with E-state index in [-0.39, 0.29) is 5.91 Å². The molecule has 0 bridgehead atoms. The Labute approximate surface area is 195 Å². The summed E-state index contributed by atoms with van der Waals surface area (Å²) in [5, 5.41) is 9.21. The van der Waals surface area contributed by atoms with Crippen molar-refractivity contribution in [1.82, 2.24) is 25.5 Å². The first-order valence-electron chi connectivity index (χ1n) is 11.3. The monoisotopic (exact) mass is 465 g/mol. The van der Waals surface area contributed by atoms with Crippen LogP contribution in [0.15, 0.2) is 30.3 Å². The minimum absolute atomic E-state index is 0.365. The normalized spacial score (nSPS) is 22.9. The van der Waals surface area contributed by atoms with Crippen LogP contribution in [0.3, 0.4) is 0 Å². The van der Waals surface area contributed by atoms with Gasteiger partial charge in [0.05, 0.1) is 17.1 Å². The molecule has 33 heavy (non-hydrogen) atoms. The van der Waals surface area contributed by atoms with Crippen molar-refractivity contribution in [1.29, 1.82) is 0 Å². The molecule has 172 valence electrons. The van der Waals surface area contributed by atoms with Gasteiger partial charge in [-0.3, -0.25) is 19.7 Å². The Morgan fingerprint density at radius 1 is 1.21 bits per heavy atom. The quantitative estimate of drug-likeness (QED) is 0.571. The second-order valence-electron chi connectivity index (χ2n) is 9.33. The van der Waals surface area contributed by atoms with Crippen LogP contribution in [0, 0.1) is 19.8 Å². The van der Waals surface area contributed by atoms with E-state index < -0.39 is 17.5 Å². The van der Waals surface area contributed by atoms with E-state index >= 15 is 0 Å². The lowest BCUT2D eigenvalue weighted by Gasteiger charge is -2.33. The molecule has 0 radical (unpaired) electrons. The average Bonchev–Trinajstić information content (AvgIpc) is 3.42. The number of thiophene rings is 1. The molecule has 4 amide bonds. The molecule has 3 aromatic rings. The summed E-state index contributed by atoms with van der Waals surface area (Å²) in [6.07, 6.45) is 2.95. The van der Waals surface area contributed by atoms with Crippen molar-refractivity contribution in [2.45, 2.75) is 58.5 Å². The maximum absolute atomic E-state index is 13.0. The number of amides is 4. The molecule has 2 aromatic heterocycles. The highest BCUT2D eigenvalue weighted by Crippen LogP contribution is 2.36. The standard InChI is InChI=1S/C24H27N5O3S/c1-14-4-6-17(7-5-14)13-28-21-18(16(3)26-28)12-19(33-21)20(30)27-29-22(31)24(25-23(29)32)10-8-15(2)9-11-24/h4-7,12,15H,8-11,13H2,1-3H3,(H,25,32)(H,27,30). The minimum atomic E-state index is -0.887. The first-order valence-corrected chi connectivity index (χ1v) is 12.1. The third kappa shape index (κ3) is 3.80. The fraction of sp³-hybridized carbons (Fsp3) is 0.417. The second kappa shape index (κ2) is 7.98. The number of aromatic nitrogens is 2. The molecule has 3 heterocycles. The van der Waals surface area contributed by atoms with Crippen molar-refractivity contribution in [3.63, 3.8) is 0 Å². The number of hydrazine groups is 1. The molecule has 1 spiro atoms. The van der Waals surface area contributed by atoms with Crippen molar-refractivity contribution in [2.75, 3.05) is 0 Å². The smallest absolute Gasteiger partial charge is 0.322 e. The molecular formula is C24H27N5O3S. The van der Waals surface area contributed by atoms with Gasteiger partial charge >= 0.3 is 6.03 Å². The number of aryl methyl sites for hydroxylation is 2. The van der Waals surface area contributed by atoms with Crippen LogP contribution in [0.4, 0.5) is 4.79 Å². The van der Waals surface area contributed by atoms with Crippen LogP contribution >= 0.6 is 11.3 Å². The fourth-order valence-corrected chi connectivity index (χ4v) is 5.72. The van der Waals surface area contributed by atoms with Crippen molar-refractivity contribution >= 4 is 39.4 Å². The van der Waals surface area contributed by atoms with Gasteiger partial charge < -0.3 is 5.32 Å². The highest BCUT2D eigenvalue weighted by molar-refractivity contribution is 7.20. The maximum Gasteiger partial charge on any atom is 0.344 e. The zero-order valence-corrected chi connectivity index (χ0v) is 19.8. The third-order valence-electron chi connectivity index (χ3n) is 6.79. The van der Waals surface area contributed by atoms with Gasteiger partial charge in [-0.05, 0) is 57.1 Å². The Balaban J connectivity index is 1.35. The molecule has 1 aromatic carbocycles. The lowest BCUT2D eigenvalue weighted by atomic mass is 9.77. The Morgan fingerprint density at radius 2 is 1.91 bits per heavy atom. The lowest BCUT2D eigenvalue weighted by molar-refractivity contribution is -0.134. The van der Waals surface area contributed by atoms with Crippen molar-refractivity contribution < 1.29 is 14.4 Å². The Hall–Kier alpha value is -3.20. The summed E-state index contributed by atoms with van der Waals surface area (Å²) in [6, 6.07) is 9.48. The molecule has 0 atom stereocenters. The van der Waals surface area contributed by atoms with Crippen LogP contribution in [-0.2, 0) is 11.3 Å². The van der Waals surface area contributed by atoms with Crippen LogP contribution in [0.1, 0.15) is 59.1 Å². The van der Waals surface area contributed by atoms with Gasteiger partial charge in [0.25, 0.3) is 11.8 Å². The summed E-state index contributed by atoms with van der Waals surface area (Å²) in [5.74, 6) is -0.303. The summed E-state index contributed by atoms with van der Waals surface area (Å²) in [7, 11) is 0. The number of imide groups is 1. The average molecular weight is 466 g/mol. The summed E-state index contributed by atoms with van der Waals surface area (Å²) >= 11 is 1.31. The van der Waals surface area contributed by atoms with Gasteiger partial charge in [-0.2, -0.15) is 10.1 Å². The Bertz CT molecular complexity index is 1250. The first kappa shape index (κ1) is 21.6. The Morgan fingerprint density at radius 3 is 2.61 bits per heavy atom. The molecule has 1 saturated heterocycles. The number of rotatable bonds is 4. The largest absolute Gasteiger partial charge is 0.344 e. The van der Waals surface area contributed by atoms with Crippen molar-refractivity contribution in [3.8, 4) is 0 Å². The number of benzene rings is 1. The number of nitrogens with zero attached hydrogens (tertiary/aromatic N) is 3. The van der Waals surface area contributed by atoms with E-state index in [1.54, 1.807) is 6.07 Å². The zero-order valence-electron chi connectivity index (χ0n) is 19.0. The van der Waals surface area contributed by atoms with Gasteiger partial charge in [0.15, 0.2) is 0 Å². The lowest BCUT2D eigenvalue weighted by Crippen LogP contribution is -2.51. The van der Waals surface area contributed by atoms with E-state index in [1.165, 1.54) is 16.9 Å². The van der Waals surface area contributed by atoms with E-state index in [0.29, 0.717) is 30.2 Å². The molecule has 8 nitrogen and oxygen atoms in total. The molecule has 1 aliphatic carbocycles. The summed E-state index contributed by atoms with van der Waals surface area (Å²) in [4.78, 5) is 39.9. The number of urea groups is 1. The molecule has 1 saturated carbocycles. The Kier molecular flexibility index (Phi) is 5.23. The number of hydrogen-bond donors (Lipinski definition) is 2. The van der Waals surface area contributed by atoms with E-state index in [0.717, 1.165) is 39.3 Å². The van der Waals surface area contributed by atoms with Gasteiger partial charge in [0.2, 0.25) is 0 Å². The van der Waals surface area contributed by atoms with Gasteiger partial charge in [-0.25, -0.2) is 4.79 Å². The number of nitrogens with one attached hydrogen (secondary N) is 2. The molecule has 2 fully saturated rings. The van der Waals surface area contributed by atoms with Gasteiger partial charge in [0.1, 0.15) is 10.4 Å².